The number of rotatable bonds is 1. The van der Waals surface area contributed by atoms with Crippen molar-refractivity contribution >= 4 is 0 Å². The van der Waals surface area contributed by atoms with Crippen LogP contribution < -0.4 is 0 Å². The molecule has 0 aromatic carbocycles. The van der Waals surface area contributed by atoms with Gasteiger partial charge in [-0.3, -0.25) is 0 Å². The van der Waals surface area contributed by atoms with Crippen molar-refractivity contribution in [3.8, 4) is 0 Å². The van der Waals surface area contributed by atoms with E-state index in [4.69, 9.17) is 0 Å². The normalized spacial score (nSPS) is 23.2. The molecule has 0 nitrogen and oxygen atoms in total. The molecule has 0 saturated heterocycles. The Morgan fingerprint density at radius 1 is 1.11 bits per heavy atom. The molecule has 9 heavy (non-hydrogen) atoms. The van der Waals surface area contributed by atoms with E-state index in [1.165, 1.54) is 32.1 Å². The van der Waals surface area contributed by atoms with Gasteiger partial charge < -0.3 is 0 Å². The van der Waals surface area contributed by atoms with E-state index in [0.717, 1.165) is 0 Å². The first-order chi connectivity index (χ1) is 4.43. The first-order valence-electron chi connectivity index (χ1n) is 3.91. The monoisotopic (exact) mass is 123 g/mol. The van der Waals surface area contributed by atoms with Crippen LogP contribution in [0.3, 0.4) is 0 Å². The van der Waals surface area contributed by atoms with Crippen molar-refractivity contribution in [1.82, 2.24) is 0 Å². The van der Waals surface area contributed by atoms with Crippen LogP contribution in [0.5, 0.6) is 0 Å². The maximum atomic E-state index is 2.28. The topological polar surface area (TPSA) is 0 Å². The van der Waals surface area contributed by atoms with Crippen molar-refractivity contribution in [2.24, 2.45) is 0 Å². The molecule has 0 aromatic rings. The summed E-state index contributed by atoms with van der Waals surface area (Å²) in [6, 6.07) is 0. The van der Waals surface area contributed by atoms with E-state index in [9.17, 15) is 0 Å². The lowest BCUT2D eigenvalue weighted by Crippen LogP contribution is -1.99. The van der Waals surface area contributed by atoms with Crippen molar-refractivity contribution < 1.29 is 0 Å². The smallest absolute Gasteiger partial charge is 0.00274 e. The molecule has 0 heteroatoms. The van der Waals surface area contributed by atoms with Crippen LogP contribution in [0.25, 0.3) is 0 Å². The zero-order valence-electron chi connectivity index (χ0n) is 6.19. The lowest BCUT2D eigenvalue weighted by molar-refractivity contribution is 0.557. The van der Waals surface area contributed by atoms with Gasteiger partial charge in [0.15, 0.2) is 0 Å². The van der Waals surface area contributed by atoms with Crippen LogP contribution in [0.15, 0.2) is 12.2 Å². The second-order valence-corrected chi connectivity index (χ2v) is 2.72. The molecule has 0 bridgehead atoms. The van der Waals surface area contributed by atoms with Gasteiger partial charge >= 0.3 is 0 Å². The zero-order chi connectivity index (χ0) is 6.53. The standard InChI is InChI=1S/C9H15/c1-2-6-9-7-4-3-5-8-9/h2,6H,3-5,7-8H2,1H3. The summed E-state index contributed by atoms with van der Waals surface area (Å²) in [5, 5.41) is 0. The van der Waals surface area contributed by atoms with Crippen molar-refractivity contribution in [3.05, 3.63) is 18.1 Å². The predicted octanol–water partition coefficient (Wildman–Crippen LogP) is 3.10. The van der Waals surface area contributed by atoms with Gasteiger partial charge in [0.1, 0.15) is 0 Å². The van der Waals surface area contributed by atoms with E-state index in [0.29, 0.717) is 0 Å². The Bertz CT molecular complexity index is 86.2. The third-order valence-corrected chi connectivity index (χ3v) is 1.90. The Morgan fingerprint density at radius 3 is 2.33 bits per heavy atom. The van der Waals surface area contributed by atoms with Crippen LogP contribution in [0.1, 0.15) is 39.0 Å². The minimum Gasteiger partial charge on any atom is -0.0911 e. The molecule has 0 atom stereocenters. The average molecular weight is 123 g/mol. The molecule has 1 saturated carbocycles. The maximum Gasteiger partial charge on any atom is -0.00274 e. The zero-order valence-corrected chi connectivity index (χ0v) is 6.19. The molecule has 0 N–H and O–H groups in total. The molecule has 51 valence electrons. The fourth-order valence-corrected chi connectivity index (χ4v) is 1.41. The largest absolute Gasteiger partial charge is 0.0911 e. The summed E-state index contributed by atoms with van der Waals surface area (Å²) in [7, 11) is 0. The highest BCUT2D eigenvalue weighted by Crippen LogP contribution is 2.26. The highest BCUT2D eigenvalue weighted by molar-refractivity contribution is 5.09. The fourth-order valence-electron chi connectivity index (χ4n) is 1.41. The van der Waals surface area contributed by atoms with Crippen LogP contribution >= 0.6 is 0 Å². The van der Waals surface area contributed by atoms with Gasteiger partial charge in [-0.15, -0.1) is 0 Å². The van der Waals surface area contributed by atoms with Gasteiger partial charge in [0, 0.05) is 0 Å². The third kappa shape index (κ3) is 2.21. The summed E-state index contributed by atoms with van der Waals surface area (Å²) in [6.07, 6.45) is 11.4. The summed E-state index contributed by atoms with van der Waals surface area (Å²) < 4.78 is 0. The highest BCUT2D eigenvalue weighted by Gasteiger charge is 2.09. The molecule has 1 fully saturated rings. The second-order valence-electron chi connectivity index (χ2n) is 2.72. The van der Waals surface area contributed by atoms with Crippen LogP contribution in [0.4, 0.5) is 0 Å². The summed E-state index contributed by atoms with van der Waals surface area (Å²) in [6.45, 7) is 2.10. The maximum absolute atomic E-state index is 2.28. The molecule has 0 heterocycles. The van der Waals surface area contributed by atoms with Gasteiger partial charge in [-0.05, 0) is 25.7 Å². The van der Waals surface area contributed by atoms with Gasteiger partial charge in [0.05, 0.1) is 0 Å². The van der Waals surface area contributed by atoms with Crippen molar-refractivity contribution in [2.45, 2.75) is 39.0 Å². The van der Waals surface area contributed by atoms with Crippen molar-refractivity contribution in [1.29, 1.82) is 0 Å². The Hall–Kier alpha value is -0.260. The highest BCUT2D eigenvalue weighted by atomic mass is 14.1. The van der Waals surface area contributed by atoms with Crippen molar-refractivity contribution in [3.63, 3.8) is 0 Å². The molecule has 1 aliphatic rings. The van der Waals surface area contributed by atoms with E-state index < -0.39 is 0 Å². The van der Waals surface area contributed by atoms with E-state index in [1.807, 2.05) is 0 Å². The Morgan fingerprint density at radius 2 is 1.78 bits per heavy atom. The molecule has 1 aliphatic carbocycles. The summed E-state index contributed by atoms with van der Waals surface area (Å²) >= 11 is 0. The quantitative estimate of drug-likeness (QED) is 0.502. The van der Waals surface area contributed by atoms with E-state index >= 15 is 0 Å². The van der Waals surface area contributed by atoms with Gasteiger partial charge in [0.2, 0.25) is 0 Å². The van der Waals surface area contributed by atoms with Gasteiger partial charge in [-0.1, -0.05) is 31.4 Å². The van der Waals surface area contributed by atoms with Crippen LogP contribution in [-0.4, -0.2) is 0 Å². The first kappa shape index (κ1) is 6.85. The van der Waals surface area contributed by atoms with E-state index in [2.05, 4.69) is 19.1 Å². The van der Waals surface area contributed by atoms with Gasteiger partial charge in [-0.2, -0.15) is 0 Å². The summed E-state index contributed by atoms with van der Waals surface area (Å²) in [4.78, 5) is 0. The molecule has 0 spiro atoms. The predicted molar refractivity (Wildman–Crippen MR) is 41.1 cm³/mol. The Balaban J connectivity index is 2.23. The molecule has 1 rings (SSSR count). The minimum absolute atomic E-state index is 1.35. The lowest BCUT2D eigenvalue weighted by Gasteiger charge is -2.16. The van der Waals surface area contributed by atoms with Crippen LogP contribution in [0.2, 0.25) is 0 Å². The Kier molecular flexibility index (Phi) is 2.82. The lowest BCUT2D eigenvalue weighted by atomic mass is 9.89. The minimum atomic E-state index is 1.35. The number of hydrogen-bond acceptors (Lipinski definition) is 0. The molecule has 0 aromatic heterocycles. The average Bonchev–Trinajstić information content (AvgIpc) is 1.91. The second kappa shape index (κ2) is 3.71. The van der Waals surface area contributed by atoms with Crippen molar-refractivity contribution in [2.75, 3.05) is 0 Å². The molecule has 0 unspecified atom stereocenters. The molecule has 0 amide bonds. The van der Waals surface area contributed by atoms with Gasteiger partial charge in [-0.25, -0.2) is 0 Å². The SMILES string of the molecule is CC=C[C]1CCCCC1. The number of allylic oxidation sites excluding steroid dienone is 2. The van der Waals surface area contributed by atoms with E-state index in [-0.39, 0.29) is 0 Å². The summed E-state index contributed by atoms with van der Waals surface area (Å²) in [5.41, 5.74) is 0. The van der Waals surface area contributed by atoms with E-state index in [1.54, 1.807) is 5.92 Å². The van der Waals surface area contributed by atoms with Gasteiger partial charge in [0.25, 0.3) is 0 Å². The Labute approximate surface area is 58.0 Å². The fraction of sp³-hybridized carbons (Fsp3) is 0.667. The molecule has 0 aliphatic heterocycles. The molecule has 1 radical (unpaired) electrons. The third-order valence-electron chi connectivity index (χ3n) is 1.90. The number of hydrogen-bond donors (Lipinski definition) is 0. The first-order valence-corrected chi connectivity index (χ1v) is 3.91. The van der Waals surface area contributed by atoms with Crippen LogP contribution in [0, 0.1) is 5.92 Å². The van der Waals surface area contributed by atoms with Crippen LogP contribution in [-0.2, 0) is 0 Å². The molecular formula is C9H15. The molecular weight excluding hydrogens is 108 g/mol. The summed E-state index contributed by atoms with van der Waals surface area (Å²) in [5.74, 6) is 1.66.